The van der Waals surface area contributed by atoms with E-state index in [0.717, 1.165) is 0 Å². The predicted molar refractivity (Wildman–Crippen MR) is 83.4 cm³/mol. The molecular weight excluding hydrogens is 338 g/mol. The van der Waals surface area contributed by atoms with Crippen LogP contribution < -0.4 is 15.2 Å². The highest BCUT2D eigenvalue weighted by Gasteiger charge is 2.29. The number of benzene rings is 1. The van der Waals surface area contributed by atoms with Gasteiger partial charge in [-0.25, -0.2) is 21.9 Å². The molecule has 0 atom stereocenters. The van der Waals surface area contributed by atoms with Gasteiger partial charge >= 0.3 is 0 Å². The number of hydrogen-bond acceptors (Lipinski definition) is 4. The van der Waals surface area contributed by atoms with Gasteiger partial charge in [0.1, 0.15) is 5.75 Å². The van der Waals surface area contributed by atoms with Crippen molar-refractivity contribution in [3.05, 3.63) is 23.8 Å². The van der Waals surface area contributed by atoms with Gasteiger partial charge in [-0.05, 0) is 44.5 Å². The zero-order valence-electron chi connectivity index (χ0n) is 12.6. The number of alkyl halides is 2. The lowest BCUT2D eigenvalue weighted by Crippen LogP contribution is -2.41. The minimum atomic E-state index is -4.01. The van der Waals surface area contributed by atoms with Crippen LogP contribution in [0.25, 0.3) is 0 Å². The van der Waals surface area contributed by atoms with E-state index in [1.165, 1.54) is 18.2 Å². The molecule has 22 heavy (non-hydrogen) atoms. The summed E-state index contributed by atoms with van der Waals surface area (Å²) in [5.41, 5.74) is 5.47. The number of aryl methyl sites for hydroxylation is 1. The van der Waals surface area contributed by atoms with Crippen LogP contribution in [0, 0.1) is 6.92 Å². The van der Waals surface area contributed by atoms with E-state index in [1.54, 1.807) is 6.92 Å². The molecular formula is C13H21ClF2N2O3S. The molecule has 0 aromatic heterocycles. The smallest absolute Gasteiger partial charge is 0.273 e. The molecule has 1 rings (SSSR count). The molecule has 0 saturated heterocycles. The summed E-state index contributed by atoms with van der Waals surface area (Å²) in [4.78, 5) is -0.0936. The van der Waals surface area contributed by atoms with Crippen molar-refractivity contribution in [3.63, 3.8) is 0 Å². The van der Waals surface area contributed by atoms with E-state index >= 15 is 0 Å². The van der Waals surface area contributed by atoms with Gasteiger partial charge in [0.05, 0.1) is 24.1 Å². The third-order valence-electron chi connectivity index (χ3n) is 2.64. The average Bonchev–Trinajstić information content (AvgIpc) is 2.38. The SMILES string of the molecule is Cc1cc(S(=O)(=O)NCC(F)(F)CN)ccc1OC(C)C.Cl. The van der Waals surface area contributed by atoms with Crippen LogP contribution in [-0.4, -0.2) is 33.5 Å². The molecule has 0 aliphatic heterocycles. The Bertz CT molecular complexity index is 595. The zero-order valence-corrected chi connectivity index (χ0v) is 14.2. The van der Waals surface area contributed by atoms with Crippen molar-refractivity contribution in [2.75, 3.05) is 13.1 Å². The maximum Gasteiger partial charge on any atom is 0.273 e. The van der Waals surface area contributed by atoms with Crippen LogP contribution in [-0.2, 0) is 10.0 Å². The molecule has 0 radical (unpaired) electrons. The molecule has 0 aliphatic carbocycles. The maximum atomic E-state index is 13.0. The zero-order chi connectivity index (χ0) is 16.3. The molecule has 0 bridgehead atoms. The van der Waals surface area contributed by atoms with Crippen LogP contribution in [0.2, 0.25) is 0 Å². The van der Waals surface area contributed by atoms with E-state index in [2.05, 4.69) is 0 Å². The Labute approximate surface area is 135 Å². The Morgan fingerprint density at radius 2 is 1.95 bits per heavy atom. The van der Waals surface area contributed by atoms with Gasteiger partial charge in [0.15, 0.2) is 0 Å². The molecule has 0 fully saturated rings. The molecule has 0 spiro atoms. The van der Waals surface area contributed by atoms with Crippen molar-refractivity contribution in [2.45, 2.75) is 37.7 Å². The summed E-state index contributed by atoms with van der Waals surface area (Å²) in [5.74, 6) is -2.72. The summed E-state index contributed by atoms with van der Waals surface area (Å²) >= 11 is 0. The topological polar surface area (TPSA) is 81.4 Å². The highest BCUT2D eigenvalue weighted by Crippen LogP contribution is 2.23. The summed E-state index contributed by atoms with van der Waals surface area (Å²) in [6, 6.07) is 4.19. The van der Waals surface area contributed by atoms with Gasteiger partial charge in [0.25, 0.3) is 5.92 Å². The molecule has 5 nitrogen and oxygen atoms in total. The van der Waals surface area contributed by atoms with Gasteiger partial charge in [-0.2, -0.15) is 0 Å². The Morgan fingerprint density at radius 3 is 2.41 bits per heavy atom. The number of nitrogens with one attached hydrogen (secondary N) is 1. The number of hydrogen-bond donors (Lipinski definition) is 2. The molecule has 0 saturated carbocycles. The molecule has 3 N–H and O–H groups in total. The quantitative estimate of drug-likeness (QED) is 0.781. The van der Waals surface area contributed by atoms with Gasteiger partial charge in [0, 0.05) is 0 Å². The Balaban J connectivity index is 0.00000441. The summed E-state index contributed by atoms with van der Waals surface area (Å²) in [5, 5.41) is 0. The highest BCUT2D eigenvalue weighted by molar-refractivity contribution is 7.89. The highest BCUT2D eigenvalue weighted by atomic mass is 35.5. The van der Waals surface area contributed by atoms with Gasteiger partial charge < -0.3 is 10.5 Å². The Hall–Kier alpha value is -0.960. The first-order chi connectivity index (χ1) is 9.57. The van der Waals surface area contributed by atoms with Crippen molar-refractivity contribution in [1.82, 2.24) is 4.72 Å². The number of nitrogens with two attached hydrogens (primary N) is 1. The second-order valence-electron chi connectivity index (χ2n) is 4.98. The summed E-state index contributed by atoms with van der Waals surface area (Å²) < 4.78 is 57.3. The van der Waals surface area contributed by atoms with Crippen molar-refractivity contribution >= 4 is 22.4 Å². The monoisotopic (exact) mass is 358 g/mol. The van der Waals surface area contributed by atoms with E-state index < -0.39 is 29.0 Å². The lowest BCUT2D eigenvalue weighted by atomic mass is 10.2. The first-order valence-electron chi connectivity index (χ1n) is 6.42. The molecule has 0 amide bonds. The summed E-state index contributed by atoms with van der Waals surface area (Å²) in [6.07, 6.45) is -0.0486. The molecule has 128 valence electrons. The molecule has 0 unspecified atom stereocenters. The van der Waals surface area contributed by atoms with Crippen molar-refractivity contribution in [3.8, 4) is 5.75 Å². The van der Waals surface area contributed by atoms with Crippen molar-refractivity contribution in [2.24, 2.45) is 5.73 Å². The first kappa shape index (κ1) is 21.0. The van der Waals surface area contributed by atoms with Crippen LogP contribution in [0.3, 0.4) is 0 Å². The van der Waals surface area contributed by atoms with Crippen LogP contribution >= 0.6 is 12.4 Å². The second-order valence-corrected chi connectivity index (χ2v) is 6.75. The van der Waals surface area contributed by atoms with Gasteiger partial charge in [-0.15, -0.1) is 12.4 Å². The summed E-state index contributed by atoms with van der Waals surface area (Å²) in [6.45, 7) is 3.43. The van der Waals surface area contributed by atoms with E-state index in [1.807, 2.05) is 18.6 Å². The number of rotatable bonds is 7. The fourth-order valence-corrected chi connectivity index (χ4v) is 2.68. The van der Waals surface area contributed by atoms with Crippen LogP contribution in [0.5, 0.6) is 5.75 Å². The Morgan fingerprint density at radius 1 is 1.36 bits per heavy atom. The van der Waals surface area contributed by atoms with Crippen molar-refractivity contribution < 1.29 is 21.9 Å². The van der Waals surface area contributed by atoms with Crippen LogP contribution in [0.1, 0.15) is 19.4 Å². The minimum Gasteiger partial charge on any atom is -0.491 e. The minimum absolute atomic E-state index is 0. The van der Waals surface area contributed by atoms with E-state index in [9.17, 15) is 17.2 Å². The molecule has 0 aliphatic rings. The molecule has 1 aromatic rings. The van der Waals surface area contributed by atoms with Crippen LogP contribution in [0.4, 0.5) is 8.78 Å². The fourth-order valence-electron chi connectivity index (χ4n) is 1.53. The van der Waals surface area contributed by atoms with Gasteiger partial charge in [-0.1, -0.05) is 0 Å². The third kappa shape index (κ3) is 6.04. The van der Waals surface area contributed by atoms with Gasteiger partial charge in [-0.3, -0.25) is 0 Å². The van der Waals surface area contributed by atoms with E-state index in [0.29, 0.717) is 11.3 Å². The lowest BCUT2D eigenvalue weighted by molar-refractivity contribution is 0.0170. The molecule has 9 heteroatoms. The normalized spacial score (nSPS) is 12.1. The second kappa shape index (κ2) is 8.05. The van der Waals surface area contributed by atoms with Crippen molar-refractivity contribution in [1.29, 1.82) is 0 Å². The summed E-state index contributed by atoms with van der Waals surface area (Å²) in [7, 11) is -4.01. The predicted octanol–water partition coefficient (Wildman–Crippen LogP) is 2.08. The van der Waals surface area contributed by atoms with E-state index in [4.69, 9.17) is 10.5 Å². The lowest BCUT2D eigenvalue weighted by Gasteiger charge is -2.16. The van der Waals surface area contributed by atoms with E-state index in [-0.39, 0.29) is 23.4 Å². The number of ether oxygens (including phenoxy) is 1. The largest absolute Gasteiger partial charge is 0.491 e. The van der Waals surface area contributed by atoms with Gasteiger partial charge in [0.2, 0.25) is 10.0 Å². The Kier molecular flexibility index (Phi) is 7.70. The number of sulfonamides is 1. The average molecular weight is 359 g/mol. The standard InChI is InChI=1S/C13H20F2N2O3S.ClH/c1-9(2)20-12-5-4-11(6-10(12)3)21(18,19)17-8-13(14,15)7-16;/h4-6,9,17H,7-8,16H2,1-3H3;1H. The maximum absolute atomic E-state index is 13.0. The molecule has 0 heterocycles. The van der Waals surface area contributed by atoms with Crippen LogP contribution in [0.15, 0.2) is 23.1 Å². The molecule has 1 aromatic carbocycles. The first-order valence-corrected chi connectivity index (χ1v) is 7.90. The fraction of sp³-hybridized carbons (Fsp3) is 0.538. The number of halogens is 3. The third-order valence-corrected chi connectivity index (χ3v) is 4.04.